The summed E-state index contributed by atoms with van der Waals surface area (Å²) in [6.45, 7) is 1.79. The molecule has 2 aromatic carbocycles. The lowest BCUT2D eigenvalue weighted by Crippen LogP contribution is -2.32. The van der Waals surface area contributed by atoms with Crippen molar-refractivity contribution in [1.82, 2.24) is 0 Å². The van der Waals surface area contributed by atoms with Crippen molar-refractivity contribution in [2.24, 2.45) is 15.9 Å². The summed E-state index contributed by atoms with van der Waals surface area (Å²) in [5.74, 6) is -0.0746. The van der Waals surface area contributed by atoms with Crippen molar-refractivity contribution < 1.29 is 14.3 Å². The van der Waals surface area contributed by atoms with Crippen LogP contribution in [0, 0.1) is 0 Å². The number of nitrogens with two attached hydrogens (primary N) is 1. The van der Waals surface area contributed by atoms with E-state index in [1.54, 1.807) is 20.1 Å². The number of hydrogen-bond donors (Lipinski definition) is 1. The summed E-state index contributed by atoms with van der Waals surface area (Å²) >= 11 is 13.1. The lowest BCUT2D eigenvalue weighted by molar-refractivity contribution is -0.121. The van der Waals surface area contributed by atoms with Crippen molar-refractivity contribution >= 4 is 63.3 Å². The Morgan fingerprint density at radius 1 is 1.17 bits per heavy atom. The van der Waals surface area contributed by atoms with Crippen LogP contribution in [-0.2, 0) is 9.59 Å². The van der Waals surface area contributed by atoms with Gasteiger partial charge in [-0.3, -0.25) is 9.59 Å². The molecule has 1 atom stereocenters. The Morgan fingerprint density at radius 3 is 2.53 bits per heavy atom. The van der Waals surface area contributed by atoms with Crippen LogP contribution in [0.3, 0.4) is 0 Å². The number of thioether (sulfide) groups is 1. The molecule has 3 rings (SSSR count). The maximum atomic E-state index is 12.8. The number of anilines is 1. The molecule has 0 aromatic heterocycles. The molecular formula is C20H18Cl2N4O3S. The van der Waals surface area contributed by atoms with Gasteiger partial charge in [-0.25, -0.2) is 4.90 Å². The minimum absolute atomic E-state index is 0.0241. The first-order valence-corrected chi connectivity index (χ1v) is 10.4. The summed E-state index contributed by atoms with van der Waals surface area (Å²) in [6, 6.07) is 11.9. The second-order valence-electron chi connectivity index (χ2n) is 6.33. The SMILES string of the molecule is COc1ccc(C(C)=NN=C(N)S[C@@H]2CC(=O)N(c3cc(Cl)ccc3Cl)C2=O)cc1. The number of benzene rings is 2. The summed E-state index contributed by atoms with van der Waals surface area (Å²) < 4.78 is 5.12. The Bertz CT molecular complexity index is 1040. The predicted octanol–water partition coefficient (Wildman–Crippen LogP) is 4.11. The fraction of sp³-hybridized carbons (Fsp3) is 0.200. The average Bonchev–Trinajstić information content (AvgIpc) is 3.01. The molecule has 0 saturated carbocycles. The number of imide groups is 1. The first-order chi connectivity index (χ1) is 14.3. The van der Waals surface area contributed by atoms with Crippen molar-refractivity contribution in [1.29, 1.82) is 0 Å². The molecule has 1 heterocycles. The van der Waals surface area contributed by atoms with Gasteiger partial charge in [0.05, 0.1) is 23.5 Å². The molecule has 0 unspecified atom stereocenters. The van der Waals surface area contributed by atoms with E-state index in [0.717, 1.165) is 28.0 Å². The highest BCUT2D eigenvalue weighted by Gasteiger charge is 2.41. The molecule has 2 amide bonds. The molecule has 0 bridgehead atoms. The van der Waals surface area contributed by atoms with Crippen LogP contribution >= 0.6 is 35.0 Å². The zero-order valence-corrected chi connectivity index (χ0v) is 18.5. The van der Waals surface area contributed by atoms with E-state index in [4.69, 9.17) is 33.7 Å². The molecular weight excluding hydrogens is 447 g/mol. The van der Waals surface area contributed by atoms with Crippen LogP contribution < -0.4 is 15.4 Å². The van der Waals surface area contributed by atoms with Crippen LogP contribution in [-0.4, -0.2) is 35.1 Å². The van der Waals surface area contributed by atoms with Gasteiger partial charge in [0.1, 0.15) is 11.0 Å². The smallest absolute Gasteiger partial charge is 0.247 e. The van der Waals surface area contributed by atoms with Gasteiger partial charge in [0.2, 0.25) is 11.8 Å². The fourth-order valence-corrected chi connectivity index (χ4v) is 3.97. The number of carbonyl (C=O) groups excluding carboxylic acids is 2. The zero-order chi connectivity index (χ0) is 21.8. The molecule has 10 heteroatoms. The second-order valence-corrected chi connectivity index (χ2v) is 8.39. The van der Waals surface area contributed by atoms with Gasteiger partial charge in [0.25, 0.3) is 0 Å². The average molecular weight is 465 g/mol. The molecule has 2 aromatic rings. The summed E-state index contributed by atoms with van der Waals surface area (Å²) in [4.78, 5) is 26.2. The Balaban J connectivity index is 1.71. The van der Waals surface area contributed by atoms with Crippen LogP contribution in [0.15, 0.2) is 52.7 Å². The van der Waals surface area contributed by atoms with E-state index < -0.39 is 11.2 Å². The predicted molar refractivity (Wildman–Crippen MR) is 122 cm³/mol. The maximum absolute atomic E-state index is 12.8. The minimum Gasteiger partial charge on any atom is -0.497 e. The topological polar surface area (TPSA) is 97.3 Å². The molecule has 1 saturated heterocycles. The van der Waals surface area contributed by atoms with Crippen molar-refractivity contribution in [2.75, 3.05) is 12.0 Å². The van der Waals surface area contributed by atoms with Crippen LogP contribution in [0.2, 0.25) is 10.0 Å². The molecule has 30 heavy (non-hydrogen) atoms. The molecule has 7 nitrogen and oxygen atoms in total. The number of carbonyl (C=O) groups is 2. The van der Waals surface area contributed by atoms with Crippen molar-refractivity contribution in [2.45, 2.75) is 18.6 Å². The molecule has 2 N–H and O–H groups in total. The molecule has 1 fully saturated rings. The molecule has 0 aliphatic carbocycles. The van der Waals surface area contributed by atoms with Gasteiger partial charge in [0, 0.05) is 11.4 Å². The van der Waals surface area contributed by atoms with E-state index in [9.17, 15) is 9.59 Å². The van der Waals surface area contributed by atoms with Gasteiger partial charge >= 0.3 is 0 Å². The third-order valence-electron chi connectivity index (χ3n) is 4.32. The van der Waals surface area contributed by atoms with Crippen molar-refractivity contribution in [3.05, 3.63) is 58.1 Å². The standard InChI is InChI=1S/C20H18Cl2N4O3S/c1-11(12-3-6-14(29-2)7-4-12)24-25-20(23)30-17-10-18(27)26(19(17)28)16-9-13(21)5-8-15(16)22/h3-9,17H,10H2,1-2H3,(H2,23,25)/t17-/m1/s1. The first kappa shape index (κ1) is 22.1. The van der Waals surface area contributed by atoms with Gasteiger partial charge in [-0.05, 0) is 55.0 Å². The van der Waals surface area contributed by atoms with Gasteiger partial charge in [-0.2, -0.15) is 5.10 Å². The molecule has 156 valence electrons. The highest BCUT2D eigenvalue weighted by Crippen LogP contribution is 2.35. The highest BCUT2D eigenvalue weighted by atomic mass is 35.5. The van der Waals surface area contributed by atoms with E-state index in [0.29, 0.717) is 10.7 Å². The second kappa shape index (κ2) is 9.51. The van der Waals surface area contributed by atoms with E-state index in [1.165, 1.54) is 12.1 Å². The number of rotatable bonds is 5. The quantitative estimate of drug-likeness (QED) is 0.310. The largest absolute Gasteiger partial charge is 0.497 e. The number of halogens is 2. The molecule has 1 aliphatic rings. The van der Waals surface area contributed by atoms with Gasteiger partial charge in [0.15, 0.2) is 5.17 Å². The lowest BCUT2D eigenvalue weighted by Gasteiger charge is -2.16. The molecule has 1 aliphatic heterocycles. The Kier molecular flexibility index (Phi) is 7.02. The number of nitrogens with zero attached hydrogens (tertiary/aromatic N) is 3. The fourth-order valence-electron chi connectivity index (χ4n) is 2.79. The molecule has 0 spiro atoms. The number of ether oxygens (including phenoxy) is 1. The monoisotopic (exact) mass is 464 g/mol. The summed E-state index contributed by atoms with van der Waals surface area (Å²) in [6.07, 6.45) is -0.0241. The number of amidine groups is 1. The Morgan fingerprint density at radius 2 is 1.87 bits per heavy atom. The van der Waals surface area contributed by atoms with Crippen LogP contribution in [0.25, 0.3) is 0 Å². The van der Waals surface area contributed by atoms with Crippen molar-refractivity contribution in [3.63, 3.8) is 0 Å². The zero-order valence-electron chi connectivity index (χ0n) is 16.1. The van der Waals surface area contributed by atoms with Crippen LogP contribution in [0.4, 0.5) is 5.69 Å². The van der Waals surface area contributed by atoms with Gasteiger partial charge in [-0.1, -0.05) is 35.0 Å². The molecule has 0 radical (unpaired) electrons. The van der Waals surface area contributed by atoms with Gasteiger partial charge in [-0.15, -0.1) is 5.10 Å². The Labute approximate surface area is 187 Å². The lowest BCUT2D eigenvalue weighted by atomic mass is 10.1. The third-order valence-corrected chi connectivity index (χ3v) is 5.85. The van der Waals surface area contributed by atoms with E-state index in [1.807, 2.05) is 24.3 Å². The number of hydrogen-bond acceptors (Lipinski definition) is 6. The summed E-state index contributed by atoms with van der Waals surface area (Å²) in [7, 11) is 1.59. The minimum atomic E-state index is -0.715. The Hall–Kier alpha value is -2.55. The highest BCUT2D eigenvalue weighted by molar-refractivity contribution is 8.14. The third kappa shape index (κ3) is 4.95. The van der Waals surface area contributed by atoms with E-state index in [2.05, 4.69) is 10.2 Å². The van der Waals surface area contributed by atoms with Crippen LogP contribution in [0.1, 0.15) is 18.9 Å². The van der Waals surface area contributed by atoms with Crippen LogP contribution in [0.5, 0.6) is 5.75 Å². The number of methoxy groups -OCH3 is 1. The number of amides is 2. The van der Waals surface area contributed by atoms with Crippen molar-refractivity contribution in [3.8, 4) is 5.75 Å². The van der Waals surface area contributed by atoms with E-state index >= 15 is 0 Å². The first-order valence-electron chi connectivity index (χ1n) is 8.80. The summed E-state index contributed by atoms with van der Waals surface area (Å²) in [5, 5.41) is 8.08. The normalized spacial score (nSPS) is 17.6. The maximum Gasteiger partial charge on any atom is 0.247 e. The van der Waals surface area contributed by atoms with Gasteiger partial charge < -0.3 is 10.5 Å². The summed E-state index contributed by atoms with van der Waals surface area (Å²) in [5.41, 5.74) is 7.68. The van der Waals surface area contributed by atoms with E-state index in [-0.39, 0.29) is 28.2 Å².